The molecule has 11 heteroatoms. The van der Waals surface area contributed by atoms with Gasteiger partial charge in [0, 0.05) is 36.8 Å². The highest BCUT2D eigenvalue weighted by Crippen LogP contribution is 2.42. The van der Waals surface area contributed by atoms with E-state index in [-0.39, 0.29) is 9.60 Å². The van der Waals surface area contributed by atoms with Crippen molar-refractivity contribution in [2.45, 2.75) is 55.5 Å². The predicted molar refractivity (Wildman–Crippen MR) is 121 cm³/mol. The highest BCUT2D eigenvalue weighted by atomic mass is 35.5. The summed E-state index contributed by atoms with van der Waals surface area (Å²) in [6.45, 7) is 5.48. The second kappa shape index (κ2) is 10.2. The zero-order valence-corrected chi connectivity index (χ0v) is 20.1. The van der Waals surface area contributed by atoms with Crippen molar-refractivity contribution in [2.75, 3.05) is 5.75 Å². The van der Waals surface area contributed by atoms with Crippen LogP contribution in [0.5, 0.6) is 0 Å². The van der Waals surface area contributed by atoms with Crippen LogP contribution in [0.1, 0.15) is 26.3 Å². The van der Waals surface area contributed by atoms with E-state index >= 15 is 0 Å². The van der Waals surface area contributed by atoms with Crippen molar-refractivity contribution in [1.82, 2.24) is 0 Å². The van der Waals surface area contributed by atoms with E-state index in [0.29, 0.717) is 22.3 Å². The summed E-state index contributed by atoms with van der Waals surface area (Å²) in [4.78, 5) is 47.7. The van der Waals surface area contributed by atoms with E-state index in [1.54, 1.807) is 19.1 Å². The first-order chi connectivity index (χ1) is 15.1. The number of hydrogen-bond acceptors (Lipinski definition) is 10. The lowest BCUT2D eigenvalue weighted by Crippen LogP contribution is -2.53. The molecule has 32 heavy (non-hydrogen) atoms. The summed E-state index contributed by atoms with van der Waals surface area (Å²) in [5.41, 5.74) is 0.377. The molecule has 2 aromatic rings. The molecule has 1 aromatic heterocycles. The molecule has 1 aromatic carbocycles. The quantitative estimate of drug-likeness (QED) is 0.342. The predicted octanol–water partition coefficient (Wildman–Crippen LogP) is 3.71. The molecular weight excluding hydrogens is 480 g/mol. The van der Waals surface area contributed by atoms with Gasteiger partial charge in [-0.2, -0.15) is 0 Å². The van der Waals surface area contributed by atoms with Crippen LogP contribution in [0, 0.1) is 6.92 Å². The van der Waals surface area contributed by atoms with Crippen LogP contribution < -0.4 is 5.63 Å². The molecule has 4 atom stereocenters. The molecule has 0 bridgehead atoms. The van der Waals surface area contributed by atoms with E-state index < -0.39 is 41.8 Å². The molecule has 2 heterocycles. The molecule has 0 radical (unpaired) electrons. The molecular formula is C21H21ClO8S2. The molecule has 1 fully saturated rings. The third-order valence-corrected chi connectivity index (χ3v) is 7.90. The minimum atomic E-state index is -0.960. The molecule has 0 unspecified atom stereocenters. The fraction of sp³-hybridized carbons (Fsp3) is 0.429. The second-order valence-electron chi connectivity index (χ2n) is 7.10. The number of esters is 3. The number of aryl methyl sites for hydroxylation is 1. The van der Waals surface area contributed by atoms with Crippen molar-refractivity contribution in [1.29, 1.82) is 0 Å². The first-order valence-electron chi connectivity index (χ1n) is 9.59. The van der Waals surface area contributed by atoms with Crippen molar-refractivity contribution in [3.05, 3.63) is 39.2 Å². The van der Waals surface area contributed by atoms with E-state index in [4.69, 9.17) is 30.2 Å². The molecule has 172 valence electrons. The van der Waals surface area contributed by atoms with E-state index in [0.717, 1.165) is 4.90 Å². The summed E-state index contributed by atoms with van der Waals surface area (Å²) in [6, 6.07) is 5.33. The van der Waals surface area contributed by atoms with Gasteiger partial charge < -0.3 is 18.6 Å². The number of hydrogen-bond donors (Lipinski definition) is 0. The fourth-order valence-electron chi connectivity index (χ4n) is 3.33. The van der Waals surface area contributed by atoms with Crippen LogP contribution in [0.4, 0.5) is 0 Å². The maximum Gasteiger partial charge on any atom is 0.355 e. The Kier molecular flexibility index (Phi) is 7.79. The van der Waals surface area contributed by atoms with E-state index in [2.05, 4.69) is 0 Å². The van der Waals surface area contributed by atoms with Crippen molar-refractivity contribution < 1.29 is 33.0 Å². The van der Waals surface area contributed by atoms with Gasteiger partial charge in [0.1, 0.15) is 10.6 Å². The van der Waals surface area contributed by atoms with Gasteiger partial charge in [-0.05, 0) is 30.7 Å². The van der Waals surface area contributed by atoms with Crippen LogP contribution >= 0.6 is 35.1 Å². The van der Waals surface area contributed by atoms with Crippen LogP contribution in [0.15, 0.2) is 32.3 Å². The van der Waals surface area contributed by atoms with Gasteiger partial charge in [0.05, 0.1) is 4.58 Å². The molecule has 1 saturated heterocycles. The average molecular weight is 501 g/mol. The lowest BCUT2D eigenvalue weighted by Gasteiger charge is -2.39. The minimum absolute atomic E-state index is 0.0383. The summed E-state index contributed by atoms with van der Waals surface area (Å²) in [5, 5.41) is 0.746. The van der Waals surface area contributed by atoms with Crippen LogP contribution in [0.25, 0.3) is 11.0 Å². The number of ether oxygens (including phenoxy) is 3. The standard InChI is InChI=1S/C21H21ClO8S2/c1-9-14-6-5-13(7-15(14)30-20(26)17(9)22)32-21-19(29-12(4)25)18(28-11(3)24)16(8-31-21)27-10(2)23/h5-7,16,18-19,21H,8H2,1-4H3/t16-,18+,19-,21+/m1/s1. The molecule has 0 N–H and O–H groups in total. The zero-order valence-electron chi connectivity index (χ0n) is 17.7. The molecule has 8 nitrogen and oxygen atoms in total. The Morgan fingerprint density at radius 1 is 1.06 bits per heavy atom. The normalized spacial score (nSPS) is 22.9. The maximum absolute atomic E-state index is 11.9. The number of fused-ring (bicyclic) bond motifs is 1. The Labute approximate surface area is 197 Å². The van der Waals surface area contributed by atoms with Crippen molar-refractivity contribution in [3.63, 3.8) is 0 Å². The zero-order chi connectivity index (χ0) is 23.6. The number of thioether (sulfide) groups is 2. The lowest BCUT2D eigenvalue weighted by atomic mass is 10.1. The first-order valence-corrected chi connectivity index (χ1v) is 11.9. The van der Waals surface area contributed by atoms with E-state index in [1.165, 1.54) is 44.3 Å². The molecule has 0 amide bonds. The topological polar surface area (TPSA) is 109 Å². The summed E-state index contributed by atoms with van der Waals surface area (Å²) < 4.78 is 21.1. The Morgan fingerprint density at radius 2 is 1.69 bits per heavy atom. The van der Waals surface area contributed by atoms with Gasteiger partial charge in [-0.3, -0.25) is 14.4 Å². The van der Waals surface area contributed by atoms with E-state index in [1.807, 2.05) is 6.07 Å². The number of rotatable bonds is 5. The van der Waals surface area contributed by atoms with Gasteiger partial charge in [-0.25, -0.2) is 4.79 Å². The summed E-state index contributed by atoms with van der Waals surface area (Å²) in [5.74, 6) is -1.33. The number of carbonyl (C=O) groups is 3. The van der Waals surface area contributed by atoms with Gasteiger partial charge in [0.15, 0.2) is 18.3 Å². The summed E-state index contributed by atoms with van der Waals surface area (Å²) in [7, 11) is 0. The van der Waals surface area contributed by atoms with Gasteiger partial charge >= 0.3 is 23.5 Å². The highest BCUT2D eigenvalue weighted by Gasteiger charge is 2.46. The van der Waals surface area contributed by atoms with Crippen LogP contribution in [0.3, 0.4) is 0 Å². The smallest absolute Gasteiger partial charge is 0.355 e. The maximum atomic E-state index is 11.9. The third kappa shape index (κ3) is 5.60. The average Bonchev–Trinajstić information content (AvgIpc) is 2.69. The van der Waals surface area contributed by atoms with Crippen molar-refractivity contribution in [2.24, 2.45) is 0 Å². The molecule has 3 rings (SSSR count). The first kappa shape index (κ1) is 24.5. The minimum Gasteiger partial charge on any atom is -0.458 e. The van der Waals surface area contributed by atoms with Gasteiger partial charge in [0.2, 0.25) is 0 Å². The van der Waals surface area contributed by atoms with Gasteiger partial charge in [-0.1, -0.05) is 11.6 Å². The van der Waals surface area contributed by atoms with Crippen LogP contribution in [-0.4, -0.2) is 46.6 Å². The SMILES string of the molecule is CC(=O)O[C@@H]1[C@@H](OC(C)=O)[C@H](Sc2ccc3c(C)c(Cl)c(=O)oc3c2)SC[C@H]1OC(C)=O. The lowest BCUT2D eigenvalue weighted by molar-refractivity contribution is -0.180. The molecule has 1 aliphatic rings. The highest BCUT2D eigenvalue weighted by molar-refractivity contribution is 8.17. The van der Waals surface area contributed by atoms with E-state index in [9.17, 15) is 19.2 Å². The Morgan fingerprint density at radius 3 is 2.31 bits per heavy atom. The Bertz CT molecular complexity index is 1110. The monoisotopic (exact) mass is 500 g/mol. The second-order valence-corrected chi connectivity index (χ2v) is 10.2. The van der Waals surface area contributed by atoms with Crippen LogP contribution in [-0.2, 0) is 28.6 Å². The molecule has 0 saturated carbocycles. The largest absolute Gasteiger partial charge is 0.458 e. The third-order valence-electron chi connectivity index (χ3n) is 4.63. The summed E-state index contributed by atoms with van der Waals surface area (Å²) in [6.07, 6.45) is -2.60. The molecule has 0 spiro atoms. The van der Waals surface area contributed by atoms with Crippen molar-refractivity contribution >= 4 is 64.0 Å². The van der Waals surface area contributed by atoms with Crippen molar-refractivity contribution in [3.8, 4) is 0 Å². The Balaban J connectivity index is 1.93. The van der Waals surface area contributed by atoms with Crippen LogP contribution in [0.2, 0.25) is 5.02 Å². The van der Waals surface area contributed by atoms with Gasteiger partial charge in [0.25, 0.3) is 0 Å². The summed E-state index contributed by atoms with van der Waals surface area (Å²) >= 11 is 8.75. The fourth-order valence-corrected chi connectivity index (χ4v) is 6.28. The number of carbonyl (C=O) groups excluding carboxylic acids is 3. The molecule has 0 aliphatic carbocycles. The Hall–Kier alpha value is -2.17. The number of halogens is 1. The molecule has 1 aliphatic heterocycles. The number of benzene rings is 1. The van der Waals surface area contributed by atoms with Gasteiger partial charge in [-0.15, -0.1) is 23.5 Å².